The third-order valence-corrected chi connectivity index (χ3v) is 2.45. The van der Waals surface area contributed by atoms with Crippen molar-refractivity contribution in [3.8, 4) is 0 Å². The van der Waals surface area contributed by atoms with Gasteiger partial charge in [-0.1, -0.05) is 0 Å². The number of aliphatic hydroxyl groups is 1. The first-order chi connectivity index (χ1) is 4.66. The molecule has 1 N–H and O–H groups in total. The molecule has 1 fully saturated rings. The topological polar surface area (TPSA) is 23.5 Å². The maximum atomic E-state index is 12.9. The predicted molar refractivity (Wildman–Crippen MR) is 37.6 cm³/mol. The van der Waals surface area contributed by atoms with Crippen molar-refractivity contribution in [2.45, 2.75) is 31.6 Å². The van der Waals surface area contributed by atoms with Crippen molar-refractivity contribution < 1.29 is 9.50 Å². The van der Waals surface area contributed by atoms with E-state index in [9.17, 15) is 4.39 Å². The molecule has 0 aliphatic carbocycles. The van der Waals surface area contributed by atoms with Crippen molar-refractivity contribution in [1.29, 1.82) is 0 Å². The van der Waals surface area contributed by atoms with Gasteiger partial charge in [-0.2, -0.15) is 0 Å². The number of halogens is 1. The predicted octanol–water partition coefficient (Wildman–Crippen LogP) is 0.409. The van der Waals surface area contributed by atoms with Crippen molar-refractivity contribution in [2.24, 2.45) is 0 Å². The molecule has 1 saturated heterocycles. The Morgan fingerprint density at radius 1 is 1.70 bits per heavy atom. The molecular formula is C7H14FNO. The number of hydrogen-bond acceptors (Lipinski definition) is 2. The molecule has 0 aromatic rings. The Kier molecular flexibility index (Phi) is 2.26. The van der Waals surface area contributed by atoms with Gasteiger partial charge < -0.3 is 5.11 Å². The molecule has 0 bridgehead atoms. The first kappa shape index (κ1) is 7.95. The number of rotatable bonds is 1. The molecule has 0 aromatic heterocycles. The molecule has 1 rings (SSSR count). The maximum Gasteiger partial charge on any atom is 0.117 e. The highest BCUT2D eigenvalue weighted by Gasteiger charge is 2.35. The van der Waals surface area contributed by atoms with Gasteiger partial charge in [-0.15, -0.1) is 0 Å². The monoisotopic (exact) mass is 147 g/mol. The minimum Gasteiger partial charge on any atom is -0.395 e. The van der Waals surface area contributed by atoms with Crippen molar-refractivity contribution in [2.75, 3.05) is 13.7 Å². The van der Waals surface area contributed by atoms with Crippen LogP contribution in [0, 0.1) is 0 Å². The average molecular weight is 147 g/mol. The number of likely N-dealkylation sites (N-methyl/N-ethyl adjacent to an activating group) is 1. The van der Waals surface area contributed by atoms with E-state index in [1.807, 2.05) is 18.9 Å². The second-order valence-electron chi connectivity index (χ2n) is 2.99. The van der Waals surface area contributed by atoms with Crippen LogP contribution in [0.4, 0.5) is 4.39 Å². The van der Waals surface area contributed by atoms with Gasteiger partial charge in [-0.3, -0.25) is 4.90 Å². The van der Waals surface area contributed by atoms with Crippen LogP contribution < -0.4 is 0 Å². The summed E-state index contributed by atoms with van der Waals surface area (Å²) in [7, 11) is 1.85. The molecule has 60 valence electrons. The Morgan fingerprint density at radius 3 is 2.50 bits per heavy atom. The molecule has 0 radical (unpaired) electrons. The van der Waals surface area contributed by atoms with Gasteiger partial charge in [0.1, 0.15) is 6.17 Å². The molecule has 0 saturated carbocycles. The standard InChI is InChI=1S/C7H14FNO/c1-5-7(8)3-6(4-10)9(5)2/h5-7,10H,3-4H2,1-2H3/t5-,6-,7+/m0/s1. The van der Waals surface area contributed by atoms with Crippen LogP contribution >= 0.6 is 0 Å². The third-order valence-electron chi connectivity index (χ3n) is 2.45. The van der Waals surface area contributed by atoms with Crippen LogP contribution in [0.15, 0.2) is 0 Å². The Hall–Kier alpha value is -0.150. The van der Waals surface area contributed by atoms with Gasteiger partial charge in [-0.25, -0.2) is 4.39 Å². The summed E-state index contributed by atoms with van der Waals surface area (Å²) >= 11 is 0. The summed E-state index contributed by atoms with van der Waals surface area (Å²) in [6.45, 7) is 1.92. The zero-order chi connectivity index (χ0) is 7.72. The van der Waals surface area contributed by atoms with E-state index in [4.69, 9.17) is 5.11 Å². The minimum absolute atomic E-state index is 0.0304. The lowest BCUT2D eigenvalue weighted by atomic mass is 10.2. The smallest absolute Gasteiger partial charge is 0.117 e. The molecule has 2 nitrogen and oxygen atoms in total. The van der Waals surface area contributed by atoms with Gasteiger partial charge in [-0.05, 0) is 20.4 Å². The van der Waals surface area contributed by atoms with Crippen molar-refractivity contribution in [3.05, 3.63) is 0 Å². The van der Waals surface area contributed by atoms with Crippen LogP contribution in [-0.4, -0.2) is 41.9 Å². The molecule has 0 spiro atoms. The lowest BCUT2D eigenvalue weighted by Gasteiger charge is -2.20. The first-order valence-electron chi connectivity index (χ1n) is 3.63. The molecule has 1 aliphatic heterocycles. The van der Waals surface area contributed by atoms with Crippen LogP contribution in [0.5, 0.6) is 0 Å². The quantitative estimate of drug-likeness (QED) is 0.580. The van der Waals surface area contributed by atoms with E-state index in [0.717, 1.165) is 0 Å². The highest BCUT2D eigenvalue weighted by atomic mass is 19.1. The van der Waals surface area contributed by atoms with Crippen LogP contribution in [-0.2, 0) is 0 Å². The summed E-state index contributed by atoms with van der Waals surface area (Å²) in [5.74, 6) is 0. The molecular weight excluding hydrogens is 133 g/mol. The summed E-state index contributed by atoms with van der Waals surface area (Å²) in [4.78, 5) is 1.89. The fourth-order valence-corrected chi connectivity index (χ4v) is 1.41. The first-order valence-corrected chi connectivity index (χ1v) is 3.63. The number of nitrogens with zero attached hydrogens (tertiary/aromatic N) is 1. The largest absolute Gasteiger partial charge is 0.395 e. The summed E-state index contributed by atoms with van der Waals surface area (Å²) in [6.07, 6.45) is -0.282. The van der Waals surface area contributed by atoms with Crippen molar-refractivity contribution in [1.82, 2.24) is 4.90 Å². The molecule has 1 aliphatic rings. The molecule has 0 amide bonds. The number of alkyl halides is 1. The van der Waals surface area contributed by atoms with Crippen LogP contribution in [0.3, 0.4) is 0 Å². The minimum atomic E-state index is -0.762. The summed E-state index contributed by atoms with van der Waals surface area (Å²) in [6, 6.07) is 0.00199. The number of likely N-dealkylation sites (tertiary alicyclic amines) is 1. The van der Waals surface area contributed by atoms with Crippen LogP contribution in [0.1, 0.15) is 13.3 Å². The Bertz CT molecular complexity index is 120. The lowest BCUT2D eigenvalue weighted by molar-refractivity contribution is 0.156. The maximum absolute atomic E-state index is 12.9. The van der Waals surface area contributed by atoms with Crippen LogP contribution in [0.25, 0.3) is 0 Å². The van der Waals surface area contributed by atoms with Gasteiger partial charge in [0.25, 0.3) is 0 Å². The van der Waals surface area contributed by atoms with Gasteiger partial charge in [0.05, 0.1) is 6.61 Å². The molecule has 10 heavy (non-hydrogen) atoms. The number of aliphatic hydroxyl groups excluding tert-OH is 1. The number of hydrogen-bond donors (Lipinski definition) is 1. The second kappa shape index (κ2) is 2.84. The Balaban J connectivity index is 2.53. The molecule has 0 aromatic carbocycles. The fourth-order valence-electron chi connectivity index (χ4n) is 1.41. The van der Waals surface area contributed by atoms with Crippen molar-refractivity contribution >= 4 is 0 Å². The van der Waals surface area contributed by atoms with Crippen molar-refractivity contribution in [3.63, 3.8) is 0 Å². The van der Waals surface area contributed by atoms with E-state index < -0.39 is 6.17 Å². The zero-order valence-electron chi connectivity index (χ0n) is 6.42. The molecule has 3 atom stereocenters. The van der Waals surface area contributed by atoms with Gasteiger partial charge >= 0.3 is 0 Å². The third kappa shape index (κ3) is 1.16. The fraction of sp³-hybridized carbons (Fsp3) is 1.00. The highest BCUT2D eigenvalue weighted by molar-refractivity contribution is 4.89. The van der Waals surface area contributed by atoms with E-state index in [-0.39, 0.29) is 18.7 Å². The molecule has 0 unspecified atom stereocenters. The van der Waals surface area contributed by atoms with Gasteiger partial charge in [0.15, 0.2) is 0 Å². The highest BCUT2D eigenvalue weighted by Crippen LogP contribution is 2.24. The van der Waals surface area contributed by atoms with E-state index in [2.05, 4.69) is 0 Å². The lowest BCUT2D eigenvalue weighted by Crippen LogP contribution is -2.33. The summed E-state index contributed by atoms with van der Waals surface area (Å²) in [5.41, 5.74) is 0. The van der Waals surface area contributed by atoms with E-state index in [0.29, 0.717) is 6.42 Å². The average Bonchev–Trinajstić information content (AvgIpc) is 2.17. The van der Waals surface area contributed by atoms with E-state index in [1.54, 1.807) is 0 Å². The normalized spacial score (nSPS) is 42.6. The summed E-state index contributed by atoms with van der Waals surface area (Å²) < 4.78 is 12.9. The summed E-state index contributed by atoms with van der Waals surface area (Å²) in [5, 5.41) is 8.76. The van der Waals surface area contributed by atoms with E-state index >= 15 is 0 Å². The Labute approximate surface area is 60.6 Å². The van der Waals surface area contributed by atoms with Crippen LogP contribution in [0.2, 0.25) is 0 Å². The van der Waals surface area contributed by atoms with Gasteiger partial charge in [0.2, 0.25) is 0 Å². The SMILES string of the molecule is C[C@H]1[C@H](F)C[C@@H](CO)N1C. The van der Waals surface area contributed by atoms with E-state index in [1.165, 1.54) is 0 Å². The Morgan fingerprint density at radius 2 is 2.30 bits per heavy atom. The van der Waals surface area contributed by atoms with Gasteiger partial charge in [0, 0.05) is 12.1 Å². The zero-order valence-corrected chi connectivity index (χ0v) is 6.42. The second-order valence-corrected chi connectivity index (χ2v) is 2.99. The molecule has 3 heteroatoms. The molecule has 1 heterocycles.